The number of hydrogen-bond acceptors (Lipinski definition) is 5. The first kappa shape index (κ1) is 29.1. The zero-order valence-electron chi connectivity index (χ0n) is 22.6. The Morgan fingerprint density at radius 2 is 1.68 bits per heavy atom. The molecule has 40 heavy (non-hydrogen) atoms. The van der Waals surface area contributed by atoms with Crippen LogP contribution in [0.5, 0.6) is 11.5 Å². The zero-order chi connectivity index (χ0) is 28.7. The van der Waals surface area contributed by atoms with Crippen molar-refractivity contribution in [3.63, 3.8) is 0 Å². The minimum Gasteiger partial charge on any atom is -0.495 e. The highest BCUT2D eigenvalue weighted by Crippen LogP contribution is 2.42. The normalized spacial score (nSPS) is 24.2. The Morgan fingerprint density at radius 1 is 1.05 bits per heavy atom. The zero-order valence-corrected chi connectivity index (χ0v) is 24.2. The number of nitrogens with one attached hydrogen (secondary N) is 1. The lowest BCUT2D eigenvalue weighted by Gasteiger charge is -2.41. The second-order valence-corrected chi connectivity index (χ2v) is 13.4. The van der Waals surface area contributed by atoms with Crippen molar-refractivity contribution in [3.05, 3.63) is 53.1 Å². The number of methoxy groups -OCH3 is 1. The fourth-order valence-corrected chi connectivity index (χ4v) is 7.77. The highest BCUT2D eigenvalue weighted by Gasteiger charge is 2.53. The van der Waals surface area contributed by atoms with E-state index in [1.165, 1.54) is 42.3 Å². The van der Waals surface area contributed by atoms with Gasteiger partial charge in [-0.1, -0.05) is 24.6 Å². The number of fused-ring (bicyclic) bond motifs is 2. The molecule has 7 nitrogen and oxygen atoms in total. The summed E-state index contributed by atoms with van der Waals surface area (Å²) in [6.45, 7) is 2.09. The number of rotatable bonds is 9. The average molecular weight is 597 g/mol. The monoisotopic (exact) mass is 596 g/mol. The van der Waals surface area contributed by atoms with Crippen molar-refractivity contribution in [2.45, 2.75) is 93.3 Å². The molecule has 2 aromatic rings. The molecule has 218 valence electrons. The van der Waals surface area contributed by atoms with Crippen LogP contribution in [0.4, 0.5) is 8.78 Å². The number of amides is 1. The predicted octanol–water partition coefficient (Wildman–Crippen LogP) is 5.90. The quantitative estimate of drug-likeness (QED) is 0.390. The molecular formula is C29H35ClF2N2O5S. The summed E-state index contributed by atoms with van der Waals surface area (Å²) in [6.07, 6.45) is 6.95. The van der Waals surface area contributed by atoms with E-state index in [1.54, 1.807) is 0 Å². The van der Waals surface area contributed by atoms with Crippen LogP contribution in [0.25, 0.3) is 0 Å². The van der Waals surface area contributed by atoms with Crippen molar-refractivity contribution in [2.75, 3.05) is 7.11 Å². The molecule has 0 radical (unpaired) electrons. The number of hydrogen-bond donors (Lipinski definition) is 1. The van der Waals surface area contributed by atoms with Crippen LogP contribution < -0.4 is 14.2 Å². The van der Waals surface area contributed by atoms with E-state index < -0.39 is 33.5 Å². The van der Waals surface area contributed by atoms with Gasteiger partial charge in [-0.3, -0.25) is 4.79 Å². The molecule has 0 spiro atoms. The second-order valence-electron chi connectivity index (χ2n) is 11.2. The number of carbonyl (C=O) groups excluding carboxylic acids is 1. The molecule has 3 aliphatic rings. The first-order chi connectivity index (χ1) is 19.0. The van der Waals surface area contributed by atoms with Gasteiger partial charge in [0.15, 0.2) is 6.04 Å². The van der Waals surface area contributed by atoms with E-state index in [1.807, 2.05) is 0 Å². The number of alkyl halides is 2. The number of ether oxygens (including phenoxy) is 2. The number of sulfonamides is 1. The summed E-state index contributed by atoms with van der Waals surface area (Å²) < 4.78 is 72.6. The topological polar surface area (TPSA) is 84.9 Å². The molecule has 2 heterocycles. The molecule has 1 N–H and O–H groups in total. The number of carbonyl (C=O) groups is 1. The summed E-state index contributed by atoms with van der Waals surface area (Å²) in [6, 6.07) is 6.25. The Balaban J connectivity index is 1.46. The van der Waals surface area contributed by atoms with Crippen LogP contribution in [0.1, 0.15) is 63.9 Å². The van der Waals surface area contributed by atoms with E-state index in [2.05, 4.69) is 11.6 Å². The minimum atomic E-state index is -4.52. The summed E-state index contributed by atoms with van der Waals surface area (Å²) in [4.78, 5) is 15.2. The Bertz CT molecular complexity index is 1320. The van der Waals surface area contributed by atoms with Gasteiger partial charge in [0.05, 0.1) is 23.1 Å². The van der Waals surface area contributed by atoms with Gasteiger partial charge in [0, 0.05) is 17.6 Å². The van der Waals surface area contributed by atoms with Crippen LogP contribution in [-0.4, -0.2) is 50.6 Å². The lowest BCUT2D eigenvalue weighted by atomic mass is 9.91. The van der Waals surface area contributed by atoms with Crippen molar-refractivity contribution in [3.8, 4) is 11.5 Å². The number of benzene rings is 2. The van der Waals surface area contributed by atoms with Crippen LogP contribution in [-0.2, 0) is 20.7 Å². The SMILES string of the molecule is COc1cc(C(F)(F)C(NS(=O)(=O)c2ccc(OC3CCCC3)cc2)C(=O)N2C3CCC2CC(C)C3)ccc1Cl. The Labute approximate surface area is 239 Å². The smallest absolute Gasteiger partial charge is 0.298 e. The molecule has 11 heteroatoms. The molecule has 1 amide bonds. The van der Waals surface area contributed by atoms with Crippen molar-refractivity contribution < 1.29 is 31.5 Å². The Hall–Kier alpha value is -2.43. The summed E-state index contributed by atoms with van der Waals surface area (Å²) in [5.74, 6) is -3.96. The van der Waals surface area contributed by atoms with Gasteiger partial charge in [0.1, 0.15) is 11.5 Å². The van der Waals surface area contributed by atoms with Crippen LogP contribution in [0.2, 0.25) is 5.02 Å². The minimum absolute atomic E-state index is 0.00221. The molecule has 5 rings (SSSR count). The molecule has 3 atom stereocenters. The van der Waals surface area contributed by atoms with Crippen LogP contribution in [0, 0.1) is 5.92 Å². The van der Waals surface area contributed by atoms with E-state index in [9.17, 15) is 13.2 Å². The molecule has 2 bridgehead atoms. The molecule has 0 aromatic heterocycles. The highest BCUT2D eigenvalue weighted by atomic mass is 35.5. The van der Waals surface area contributed by atoms with E-state index in [0.29, 0.717) is 37.4 Å². The van der Waals surface area contributed by atoms with Gasteiger partial charge in [0.2, 0.25) is 15.9 Å². The maximum Gasteiger partial charge on any atom is 0.298 e. The fourth-order valence-electron chi connectivity index (χ4n) is 6.39. The van der Waals surface area contributed by atoms with Gasteiger partial charge in [0.25, 0.3) is 5.92 Å². The number of halogens is 3. The van der Waals surface area contributed by atoms with Crippen molar-refractivity contribution >= 4 is 27.5 Å². The maximum absolute atomic E-state index is 16.3. The molecule has 3 unspecified atom stereocenters. The molecule has 2 aliphatic heterocycles. The van der Waals surface area contributed by atoms with E-state index in [4.69, 9.17) is 21.1 Å². The average Bonchev–Trinajstić information content (AvgIpc) is 3.53. The van der Waals surface area contributed by atoms with Crippen LogP contribution in [0.15, 0.2) is 47.4 Å². The third-order valence-corrected chi connectivity index (χ3v) is 10.1. The van der Waals surface area contributed by atoms with E-state index in [-0.39, 0.29) is 33.9 Å². The molecule has 2 aromatic carbocycles. The highest BCUT2D eigenvalue weighted by molar-refractivity contribution is 7.89. The van der Waals surface area contributed by atoms with E-state index in [0.717, 1.165) is 37.8 Å². The van der Waals surface area contributed by atoms with Gasteiger partial charge in [-0.15, -0.1) is 0 Å². The predicted molar refractivity (Wildman–Crippen MR) is 147 cm³/mol. The van der Waals surface area contributed by atoms with Gasteiger partial charge in [-0.2, -0.15) is 13.5 Å². The summed E-state index contributed by atoms with van der Waals surface area (Å²) in [5.41, 5.74) is -0.576. The maximum atomic E-state index is 16.3. The molecule has 2 saturated heterocycles. The Morgan fingerprint density at radius 3 is 2.27 bits per heavy atom. The van der Waals surface area contributed by atoms with Crippen LogP contribution in [0.3, 0.4) is 0 Å². The summed E-state index contributed by atoms with van der Waals surface area (Å²) in [5, 5.41) is 0.119. The Kier molecular flexibility index (Phi) is 8.32. The molecule has 1 saturated carbocycles. The van der Waals surface area contributed by atoms with Crippen molar-refractivity contribution in [1.82, 2.24) is 9.62 Å². The standard InChI is InChI=1S/C29H35ClF2N2O5S/c1-18-15-20-8-9-21(16-18)34(20)28(35)27(29(31,32)19-7-14-25(30)26(17-19)38-2)33-40(36,37)24-12-10-23(11-13-24)39-22-5-3-4-6-22/h7,10-14,17-18,20-22,27,33H,3-6,8-9,15-16H2,1-2H3. The fraction of sp³-hybridized carbons (Fsp3) is 0.552. The number of nitrogens with zero attached hydrogens (tertiary/aromatic N) is 1. The van der Waals surface area contributed by atoms with Crippen molar-refractivity contribution in [2.24, 2.45) is 5.92 Å². The third kappa shape index (κ3) is 5.81. The largest absolute Gasteiger partial charge is 0.495 e. The van der Waals surface area contributed by atoms with E-state index >= 15 is 8.78 Å². The molecular weight excluding hydrogens is 562 g/mol. The first-order valence-electron chi connectivity index (χ1n) is 13.8. The second kappa shape index (κ2) is 11.4. The summed E-state index contributed by atoms with van der Waals surface area (Å²) >= 11 is 6.06. The molecule has 1 aliphatic carbocycles. The lowest BCUT2D eigenvalue weighted by molar-refractivity contribution is -0.149. The van der Waals surface area contributed by atoms with Gasteiger partial charge < -0.3 is 14.4 Å². The first-order valence-corrected chi connectivity index (χ1v) is 15.7. The van der Waals surface area contributed by atoms with Gasteiger partial charge >= 0.3 is 0 Å². The van der Waals surface area contributed by atoms with Gasteiger partial charge in [-0.05, 0) is 93.7 Å². The summed E-state index contributed by atoms with van der Waals surface area (Å²) in [7, 11) is -3.23. The van der Waals surface area contributed by atoms with Crippen LogP contribution >= 0.6 is 11.6 Å². The van der Waals surface area contributed by atoms with Crippen molar-refractivity contribution in [1.29, 1.82) is 0 Å². The van der Waals surface area contributed by atoms with Gasteiger partial charge in [-0.25, -0.2) is 8.42 Å². The number of piperidine rings is 1. The lowest BCUT2D eigenvalue weighted by Crippen LogP contribution is -2.59. The third-order valence-electron chi connectivity index (χ3n) is 8.38. The molecule has 3 fully saturated rings.